The van der Waals surface area contributed by atoms with Crippen molar-refractivity contribution in [2.45, 2.75) is 19.9 Å². The van der Waals surface area contributed by atoms with Gasteiger partial charge in [-0.1, -0.05) is 18.2 Å². The van der Waals surface area contributed by atoms with Crippen LogP contribution in [0.4, 0.5) is 0 Å². The number of amides is 1. The molecule has 1 aliphatic heterocycles. The highest BCUT2D eigenvalue weighted by Crippen LogP contribution is 2.43. The number of methoxy groups -OCH3 is 1. The molecule has 8 heteroatoms. The average Bonchev–Trinajstić information content (AvgIpc) is 3.08. The molecule has 182 valence electrons. The Morgan fingerprint density at radius 2 is 1.68 bits per heavy atom. The van der Waals surface area contributed by atoms with E-state index in [1.165, 1.54) is 12.0 Å². The van der Waals surface area contributed by atoms with Gasteiger partial charge in [-0.25, -0.2) is 0 Å². The van der Waals surface area contributed by atoms with Gasteiger partial charge in [0.15, 0.2) is 11.5 Å². The average molecular weight is 469 g/mol. The molecule has 1 unspecified atom stereocenters. The first-order valence-electron chi connectivity index (χ1n) is 11.3. The number of hydrogen-bond donors (Lipinski definition) is 1. The summed E-state index contributed by atoms with van der Waals surface area (Å²) < 4.78 is 16.8. The topological polar surface area (TPSA) is 88.5 Å². The molecule has 0 aliphatic carbocycles. The van der Waals surface area contributed by atoms with Crippen molar-refractivity contribution >= 4 is 17.4 Å². The summed E-state index contributed by atoms with van der Waals surface area (Å²) in [4.78, 5) is 29.8. The lowest BCUT2D eigenvalue weighted by Gasteiger charge is -2.27. The van der Waals surface area contributed by atoms with Crippen LogP contribution in [0.5, 0.6) is 17.2 Å². The van der Waals surface area contributed by atoms with Gasteiger partial charge in [-0.15, -0.1) is 0 Å². The number of nitrogens with zero attached hydrogens (tertiary/aromatic N) is 2. The van der Waals surface area contributed by atoms with E-state index in [0.717, 1.165) is 0 Å². The number of aliphatic hydroxyl groups excluding tert-OH is 1. The minimum Gasteiger partial charge on any atom is -0.507 e. The van der Waals surface area contributed by atoms with E-state index in [1.54, 1.807) is 42.5 Å². The standard InChI is InChI=1S/C26H32N2O6/c1-6-33-20-13-12-17(16-21(20)34-7-2)23-22(24(29)18-10-8-9-11-19(18)32-5)25(30)26(31)28(23)15-14-27(3)4/h8-13,16,23,29H,6-7,14-15H2,1-5H3/b24-22-. The third-order valence-corrected chi connectivity index (χ3v) is 5.57. The SMILES string of the molecule is CCOc1ccc(C2/C(=C(/O)c3ccccc3OC)C(=O)C(=O)N2CCN(C)C)cc1OCC. The van der Waals surface area contributed by atoms with Crippen molar-refractivity contribution in [2.75, 3.05) is 47.5 Å². The molecule has 3 rings (SSSR count). The molecule has 0 spiro atoms. The summed E-state index contributed by atoms with van der Waals surface area (Å²) in [5, 5.41) is 11.3. The molecule has 0 aromatic heterocycles. The second-order valence-electron chi connectivity index (χ2n) is 8.07. The maximum atomic E-state index is 13.2. The first-order valence-corrected chi connectivity index (χ1v) is 11.3. The molecule has 1 heterocycles. The Morgan fingerprint density at radius 1 is 1.00 bits per heavy atom. The predicted molar refractivity (Wildman–Crippen MR) is 129 cm³/mol. The normalized spacial score (nSPS) is 17.4. The summed E-state index contributed by atoms with van der Waals surface area (Å²) in [6, 6.07) is 11.4. The smallest absolute Gasteiger partial charge is 0.295 e. The zero-order chi connectivity index (χ0) is 24.8. The van der Waals surface area contributed by atoms with Gasteiger partial charge < -0.3 is 29.1 Å². The summed E-state index contributed by atoms with van der Waals surface area (Å²) in [6.07, 6.45) is 0. The Labute approximate surface area is 200 Å². The molecule has 2 aromatic rings. The number of carbonyl (C=O) groups excluding carboxylic acids is 2. The van der Waals surface area contributed by atoms with Gasteiger partial charge in [0.1, 0.15) is 11.5 Å². The molecule has 1 N–H and O–H groups in total. The Morgan fingerprint density at radius 3 is 2.32 bits per heavy atom. The number of carbonyl (C=O) groups is 2. The van der Waals surface area contributed by atoms with Crippen LogP contribution in [0.1, 0.15) is 31.0 Å². The Hall–Kier alpha value is -3.52. The van der Waals surface area contributed by atoms with E-state index in [9.17, 15) is 14.7 Å². The molecule has 1 aliphatic rings. The fourth-order valence-electron chi connectivity index (χ4n) is 3.99. The monoisotopic (exact) mass is 468 g/mol. The van der Waals surface area contributed by atoms with Crippen LogP contribution in [0.2, 0.25) is 0 Å². The molecular formula is C26H32N2O6. The van der Waals surface area contributed by atoms with E-state index in [1.807, 2.05) is 32.8 Å². The number of aliphatic hydroxyl groups is 1. The number of ketones is 1. The highest BCUT2D eigenvalue weighted by atomic mass is 16.5. The van der Waals surface area contributed by atoms with Crippen LogP contribution >= 0.6 is 0 Å². The second kappa shape index (κ2) is 11.1. The van der Waals surface area contributed by atoms with Crippen LogP contribution in [0, 0.1) is 0 Å². The highest BCUT2D eigenvalue weighted by molar-refractivity contribution is 6.46. The van der Waals surface area contributed by atoms with Crippen molar-refractivity contribution in [3.8, 4) is 17.2 Å². The summed E-state index contributed by atoms with van der Waals surface area (Å²) in [5.74, 6) is -0.186. The molecule has 1 atom stereocenters. The fourth-order valence-corrected chi connectivity index (χ4v) is 3.99. The first-order chi connectivity index (χ1) is 16.3. The zero-order valence-electron chi connectivity index (χ0n) is 20.3. The number of likely N-dealkylation sites (N-methyl/N-ethyl adjacent to an activating group) is 1. The molecule has 0 bridgehead atoms. The predicted octanol–water partition coefficient (Wildman–Crippen LogP) is 3.48. The maximum absolute atomic E-state index is 13.2. The summed E-state index contributed by atoms with van der Waals surface area (Å²) in [6.45, 7) is 5.50. The van der Waals surface area contributed by atoms with Crippen molar-refractivity contribution in [1.29, 1.82) is 0 Å². The summed E-state index contributed by atoms with van der Waals surface area (Å²) in [5.41, 5.74) is 0.998. The van der Waals surface area contributed by atoms with Crippen LogP contribution in [-0.2, 0) is 9.59 Å². The number of ether oxygens (including phenoxy) is 3. The van der Waals surface area contributed by atoms with E-state index in [2.05, 4.69) is 0 Å². The van der Waals surface area contributed by atoms with Crippen LogP contribution in [0.15, 0.2) is 48.0 Å². The third kappa shape index (κ3) is 5.02. The Bertz CT molecular complexity index is 1080. The van der Waals surface area contributed by atoms with Crippen LogP contribution in [-0.4, -0.2) is 74.1 Å². The van der Waals surface area contributed by atoms with Crippen molar-refractivity contribution in [1.82, 2.24) is 9.80 Å². The van der Waals surface area contributed by atoms with E-state index in [0.29, 0.717) is 54.7 Å². The lowest BCUT2D eigenvalue weighted by Crippen LogP contribution is -2.35. The van der Waals surface area contributed by atoms with E-state index in [-0.39, 0.29) is 11.3 Å². The number of para-hydroxylation sites is 1. The van der Waals surface area contributed by atoms with Gasteiger partial charge in [-0.3, -0.25) is 9.59 Å². The molecule has 0 radical (unpaired) electrons. The maximum Gasteiger partial charge on any atom is 0.295 e. The molecule has 1 saturated heterocycles. The molecule has 0 saturated carbocycles. The molecule has 1 amide bonds. The van der Waals surface area contributed by atoms with Crippen LogP contribution in [0.3, 0.4) is 0 Å². The Balaban J connectivity index is 2.21. The van der Waals surface area contributed by atoms with E-state index < -0.39 is 17.7 Å². The van der Waals surface area contributed by atoms with E-state index >= 15 is 0 Å². The number of rotatable bonds is 10. The van der Waals surface area contributed by atoms with Gasteiger partial charge in [0.2, 0.25) is 0 Å². The molecule has 1 fully saturated rings. The van der Waals surface area contributed by atoms with E-state index in [4.69, 9.17) is 14.2 Å². The third-order valence-electron chi connectivity index (χ3n) is 5.57. The number of likely N-dealkylation sites (tertiary alicyclic amines) is 1. The quantitative estimate of drug-likeness (QED) is 0.324. The highest BCUT2D eigenvalue weighted by Gasteiger charge is 2.46. The second-order valence-corrected chi connectivity index (χ2v) is 8.07. The number of hydrogen-bond acceptors (Lipinski definition) is 7. The number of benzene rings is 2. The molecule has 2 aromatic carbocycles. The van der Waals surface area contributed by atoms with Gasteiger partial charge in [0.25, 0.3) is 11.7 Å². The van der Waals surface area contributed by atoms with Gasteiger partial charge in [0, 0.05) is 13.1 Å². The van der Waals surface area contributed by atoms with Gasteiger partial charge in [-0.05, 0) is 57.8 Å². The van der Waals surface area contributed by atoms with Gasteiger partial charge in [0.05, 0.1) is 37.5 Å². The van der Waals surface area contributed by atoms with Crippen molar-refractivity contribution < 1.29 is 28.9 Å². The molecule has 8 nitrogen and oxygen atoms in total. The number of Topliss-reactive ketones (excluding diaryl/α,β-unsaturated/α-hetero) is 1. The van der Waals surface area contributed by atoms with Crippen LogP contribution < -0.4 is 14.2 Å². The minimum absolute atomic E-state index is 0.0138. The van der Waals surface area contributed by atoms with Crippen molar-refractivity contribution in [3.63, 3.8) is 0 Å². The first kappa shape index (κ1) is 25.1. The lowest BCUT2D eigenvalue weighted by atomic mass is 9.94. The largest absolute Gasteiger partial charge is 0.507 e. The fraction of sp³-hybridized carbons (Fsp3) is 0.385. The zero-order valence-corrected chi connectivity index (χ0v) is 20.3. The van der Waals surface area contributed by atoms with Crippen molar-refractivity contribution in [3.05, 3.63) is 59.2 Å². The minimum atomic E-state index is -0.792. The lowest BCUT2D eigenvalue weighted by molar-refractivity contribution is -0.140. The summed E-state index contributed by atoms with van der Waals surface area (Å²) >= 11 is 0. The van der Waals surface area contributed by atoms with Crippen molar-refractivity contribution in [2.24, 2.45) is 0 Å². The molecule has 34 heavy (non-hydrogen) atoms. The summed E-state index contributed by atoms with van der Waals surface area (Å²) in [7, 11) is 5.27. The van der Waals surface area contributed by atoms with Gasteiger partial charge in [-0.2, -0.15) is 0 Å². The van der Waals surface area contributed by atoms with Gasteiger partial charge >= 0.3 is 0 Å². The van der Waals surface area contributed by atoms with Crippen LogP contribution in [0.25, 0.3) is 5.76 Å². The molecular weight excluding hydrogens is 436 g/mol. The Kier molecular flexibility index (Phi) is 8.17.